The maximum Gasteiger partial charge on any atom is 0.331 e. The van der Waals surface area contributed by atoms with Crippen molar-refractivity contribution in [2.24, 2.45) is 5.92 Å². The Bertz CT molecular complexity index is 491. The largest absolute Gasteiger partial charge is 0.493 e. The SMILES string of the molecule is CCOC(=O)C1(NCCOC)c2ccccc2OCC1C. The molecular weight excluding hydrogens is 270 g/mol. The van der Waals surface area contributed by atoms with Gasteiger partial charge in [0.15, 0.2) is 5.54 Å². The average Bonchev–Trinajstić information content (AvgIpc) is 2.50. The Morgan fingerprint density at radius 2 is 2.24 bits per heavy atom. The highest BCUT2D eigenvalue weighted by atomic mass is 16.5. The van der Waals surface area contributed by atoms with E-state index >= 15 is 0 Å². The van der Waals surface area contributed by atoms with Gasteiger partial charge in [-0.05, 0) is 13.0 Å². The second kappa shape index (κ2) is 6.91. The van der Waals surface area contributed by atoms with E-state index < -0.39 is 5.54 Å². The van der Waals surface area contributed by atoms with Gasteiger partial charge in [-0.1, -0.05) is 25.1 Å². The van der Waals surface area contributed by atoms with Crippen molar-refractivity contribution in [3.63, 3.8) is 0 Å². The summed E-state index contributed by atoms with van der Waals surface area (Å²) in [4.78, 5) is 12.7. The first-order valence-electron chi connectivity index (χ1n) is 7.30. The Morgan fingerprint density at radius 3 is 2.95 bits per heavy atom. The zero-order valence-electron chi connectivity index (χ0n) is 12.8. The van der Waals surface area contributed by atoms with Gasteiger partial charge in [0, 0.05) is 25.1 Å². The van der Waals surface area contributed by atoms with Crippen molar-refractivity contribution in [3.05, 3.63) is 29.8 Å². The monoisotopic (exact) mass is 293 g/mol. The quantitative estimate of drug-likeness (QED) is 0.639. The van der Waals surface area contributed by atoms with Crippen LogP contribution in [0.4, 0.5) is 0 Å². The normalized spacial score (nSPS) is 24.0. The molecule has 0 radical (unpaired) electrons. The lowest BCUT2D eigenvalue weighted by atomic mass is 9.77. The van der Waals surface area contributed by atoms with Crippen molar-refractivity contribution >= 4 is 5.97 Å². The summed E-state index contributed by atoms with van der Waals surface area (Å²) < 4.78 is 16.2. The molecule has 116 valence electrons. The standard InChI is InChI=1S/C16H23NO4/c1-4-20-15(18)16(17-9-10-19-3)12(2)11-21-14-8-6-5-7-13(14)16/h5-8,12,17H,4,9-11H2,1-3H3. The summed E-state index contributed by atoms with van der Waals surface area (Å²) in [5, 5.41) is 3.35. The minimum absolute atomic E-state index is 0.0386. The number of methoxy groups -OCH3 is 1. The van der Waals surface area contributed by atoms with Crippen LogP contribution < -0.4 is 10.1 Å². The molecule has 5 heteroatoms. The summed E-state index contributed by atoms with van der Waals surface area (Å²) in [6, 6.07) is 7.61. The van der Waals surface area contributed by atoms with Gasteiger partial charge < -0.3 is 14.2 Å². The lowest BCUT2D eigenvalue weighted by Crippen LogP contribution is -2.58. The highest BCUT2D eigenvalue weighted by molar-refractivity contribution is 5.84. The molecule has 0 saturated carbocycles. The zero-order valence-corrected chi connectivity index (χ0v) is 12.8. The average molecular weight is 293 g/mol. The molecule has 1 aliphatic heterocycles. The van der Waals surface area contributed by atoms with Gasteiger partial charge in [-0.15, -0.1) is 0 Å². The summed E-state index contributed by atoms with van der Waals surface area (Å²) in [7, 11) is 1.64. The zero-order chi connectivity index (χ0) is 15.3. The van der Waals surface area contributed by atoms with E-state index in [-0.39, 0.29) is 11.9 Å². The molecule has 0 aromatic heterocycles. The molecule has 21 heavy (non-hydrogen) atoms. The minimum Gasteiger partial charge on any atom is -0.493 e. The maximum absolute atomic E-state index is 12.7. The Hall–Kier alpha value is -1.59. The maximum atomic E-state index is 12.7. The number of hydrogen-bond donors (Lipinski definition) is 1. The highest BCUT2D eigenvalue weighted by Gasteiger charge is 2.50. The van der Waals surface area contributed by atoms with Crippen LogP contribution >= 0.6 is 0 Å². The fourth-order valence-corrected chi connectivity index (χ4v) is 2.77. The van der Waals surface area contributed by atoms with E-state index in [9.17, 15) is 4.79 Å². The van der Waals surface area contributed by atoms with Gasteiger partial charge in [-0.2, -0.15) is 0 Å². The van der Waals surface area contributed by atoms with Crippen molar-refractivity contribution in [1.29, 1.82) is 0 Å². The van der Waals surface area contributed by atoms with E-state index in [1.54, 1.807) is 7.11 Å². The number of ether oxygens (including phenoxy) is 3. The number of rotatable bonds is 6. The smallest absolute Gasteiger partial charge is 0.331 e. The first-order chi connectivity index (χ1) is 10.2. The predicted molar refractivity (Wildman–Crippen MR) is 79.3 cm³/mol. The molecule has 1 aromatic rings. The Labute approximate surface area is 125 Å². The second-order valence-corrected chi connectivity index (χ2v) is 5.16. The molecular formula is C16H23NO4. The van der Waals surface area contributed by atoms with E-state index in [1.165, 1.54) is 0 Å². The highest BCUT2D eigenvalue weighted by Crippen LogP contribution is 2.41. The number of hydrogen-bond acceptors (Lipinski definition) is 5. The molecule has 0 aliphatic carbocycles. The molecule has 0 spiro atoms. The van der Waals surface area contributed by atoms with Gasteiger partial charge >= 0.3 is 5.97 Å². The van der Waals surface area contributed by atoms with Gasteiger partial charge in [0.05, 0.1) is 19.8 Å². The van der Waals surface area contributed by atoms with Gasteiger partial charge in [0.1, 0.15) is 5.75 Å². The molecule has 2 atom stereocenters. The van der Waals surface area contributed by atoms with E-state index in [1.807, 2.05) is 38.1 Å². The van der Waals surface area contributed by atoms with Crippen molar-refractivity contribution in [2.75, 3.05) is 33.5 Å². The molecule has 1 aromatic carbocycles. The van der Waals surface area contributed by atoms with Crippen LogP contribution in [0.3, 0.4) is 0 Å². The fourth-order valence-electron chi connectivity index (χ4n) is 2.77. The van der Waals surface area contributed by atoms with Crippen LogP contribution in [0.15, 0.2) is 24.3 Å². The minimum atomic E-state index is -0.886. The molecule has 2 rings (SSSR count). The van der Waals surface area contributed by atoms with Crippen LogP contribution in [-0.4, -0.2) is 39.4 Å². The number of benzene rings is 1. The summed E-state index contributed by atoms with van der Waals surface area (Å²) in [6.07, 6.45) is 0. The van der Waals surface area contributed by atoms with E-state index in [4.69, 9.17) is 14.2 Å². The number of carbonyl (C=O) groups is 1. The van der Waals surface area contributed by atoms with Crippen LogP contribution in [0.2, 0.25) is 0 Å². The first-order valence-corrected chi connectivity index (χ1v) is 7.30. The third-order valence-electron chi connectivity index (χ3n) is 3.85. The van der Waals surface area contributed by atoms with Gasteiger partial charge in [-0.25, -0.2) is 4.79 Å². The van der Waals surface area contributed by atoms with Crippen LogP contribution in [0.25, 0.3) is 0 Å². The van der Waals surface area contributed by atoms with Crippen LogP contribution in [0.5, 0.6) is 5.75 Å². The van der Waals surface area contributed by atoms with Gasteiger partial charge in [0.25, 0.3) is 0 Å². The summed E-state index contributed by atoms with van der Waals surface area (Å²) in [5.41, 5.74) is -0.0538. The third-order valence-corrected chi connectivity index (χ3v) is 3.85. The molecule has 0 amide bonds. The van der Waals surface area contributed by atoms with Crippen molar-refractivity contribution in [2.45, 2.75) is 19.4 Å². The lowest BCUT2D eigenvalue weighted by Gasteiger charge is -2.42. The summed E-state index contributed by atoms with van der Waals surface area (Å²) in [6.45, 7) is 5.71. The number of nitrogens with one attached hydrogen (secondary N) is 1. The van der Waals surface area contributed by atoms with Crippen LogP contribution in [0.1, 0.15) is 19.4 Å². The summed E-state index contributed by atoms with van der Waals surface area (Å²) in [5.74, 6) is 0.432. The van der Waals surface area contributed by atoms with E-state index in [2.05, 4.69) is 5.32 Å². The molecule has 1 heterocycles. The van der Waals surface area contributed by atoms with Crippen LogP contribution in [0, 0.1) is 5.92 Å². The number of esters is 1. The Morgan fingerprint density at radius 1 is 1.48 bits per heavy atom. The molecule has 0 fully saturated rings. The number of carbonyl (C=O) groups excluding carboxylic acids is 1. The number of para-hydroxylation sites is 1. The molecule has 1 N–H and O–H groups in total. The fraction of sp³-hybridized carbons (Fsp3) is 0.562. The van der Waals surface area contributed by atoms with Gasteiger partial charge in [-0.3, -0.25) is 5.32 Å². The second-order valence-electron chi connectivity index (χ2n) is 5.16. The molecule has 2 unspecified atom stereocenters. The molecule has 0 bridgehead atoms. The third kappa shape index (κ3) is 2.89. The van der Waals surface area contributed by atoms with Crippen molar-refractivity contribution in [3.8, 4) is 5.75 Å². The Kier molecular flexibility index (Phi) is 5.20. The number of fused-ring (bicyclic) bond motifs is 1. The first kappa shape index (κ1) is 15.8. The molecule has 0 saturated heterocycles. The molecule has 1 aliphatic rings. The summed E-state index contributed by atoms with van der Waals surface area (Å²) >= 11 is 0. The topological polar surface area (TPSA) is 56.8 Å². The lowest BCUT2D eigenvalue weighted by molar-refractivity contribution is -0.156. The predicted octanol–water partition coefficient (Wildman–Crippen LogP) is 1.71. The van der Waals surface area contributed by atoms with Gasteiger partial charge in [0.2, 0.25) is 0 Å². The Balaban J connectivity index is 2.43. The van der Waals surface area contributed by atoms with E-state index in [0.717, 1.165) is 11.3 Å². The molecule has 5 nitrogen and oxygen atoms in total. The van der Waals surface area contributed by atoms with E-state index in [0.29, 0.717) is 26.4 Å². The van der Waals surface area contributed by atoms with Crippen molar-refractivity contribution < 1.29 is 19.0 Å². The van der Waals surface area contributed by atoms with Crippen molar-refractivity contribution in [1.82, 2.24) is 5.32 Å². The van der Waals surface area contributed by atoms with Crippen LogP contribution in [-0.2, 0) is 19.8 Å².